The first-order chi connectivity index (χ1) is 11.3. The van der Waals surface area contributed by atoms with Gasteiger partial charge in [-0.05, 0) is 24.3 Å². The fourth-order valence-corrected chi connectivity index (χ4v) is 2.86. The first-order valence-corrected chi connectivity index (χ1v) is 8.68. The van der Waals surface area contributed by atoms with Crippen LogP contribution in [0.3, 0.4) is 0 Å². The molecule has 24 heavy (non-hydrogen) atoms. The number of rotatable bonds is 5. The van der Waals surface area contributed by atoms with Gasteiger partial charge in [-0.25, -0.2) is 0 Å². The number of hydrogen-bond donors (Lipinski definition) is 2. The second-order valence-corrected chi connectivity index (χ2v) is 7.78. The van der Waals surface area contributed by atoms with Gasteiger partial charge in [-0.3, -0.25) is 9.69 Å². The summed E-state index contributed by atoms with van der Waals surface area (Å²) in [6.45, 7) is 10.3. The monoisotopic (exact) mass is 330 g/mol. The zero-order chi connectivity index (χ0) is 17.7. The zero-order valence-corrected chi connectivity index (χ0v) is 15.2. The molecule has 0 spiro atoms. The quantitative estimate of drug-likeness (QED) is 0.816. The summed E-state index contributed by atoms with van der Waals surface area (Å²) in [7, 11) is 0. The number of aliphatic hydroxyl groups is 1. The SMILES string of the molecule is C/C(=C/C(=O)NCC1CC(O)CN1Cc1ccccc1)C(C)(C)C. The van der Waals surface area contributed by atoms with Crippen LogP contribution in [-0.2, 0) is 11.3 Å². The molecule has 0 saturated carbocycles. The number of β-amino-alcohol motifs (C(OH)–C–C–N with tert-alkyl or cyclic N) is 1. The smallest absolute Gasteiger partial charge is 0.243 e. The van der Waals surface area contributed by atoms with E-state index in [1.165, 1.54) is 5.56 Å². The average Bonchev–Trinajstić information content (AvgIpc) is 2.85. The summed E-state index contributed by atoms with van der Waals surface area (Å²) in [6, 6.07) is 10.4. The van der Waals surface area contributed by atoms with Crippen molar-refractivity contribution in [3.63, 3.8) is 0 Å². The molecule has 4 nitrogen and oxygen atoms in total. The first-order valence-electron chi connectivity index (χ1n) is 8.68. The van der Waals surface area contributed by atoms with Crippen LogP contribution in [0.2, 0.25) is 0 Å². The Morgan fingerprint density at radius 1 is 1.33 bits per heavy atom. The van der Waals surface area contributed by atoms with E-state index in [1.54, 1.807) is 6.08 Å². The predicted octanol–water partition coefficient (Wildman–Crippen LogP) is 2.73. The van der Waals surface area contributed by atoms with Crippen LogP contribution < -0.4 is 5.32 Å². The molecule has 1 fully saturated rings. The molecule has 1 aromatic rings. The number of carbonyl (C=O) groups excluding carboxylic acids is 1. The lowest BCUT2D eigenvalue weighted by atomic mass is 9.87. The van der Waals surface area contributed by atoms with Gasteiger partial charge in [0, 0.05) is 31.8 Å². The number of nitrogens with one attached hydrogen (secondary N) is 1. The number of carbonyl (C=O) groups is 1. The highest BCUT2D eigenvalue weighted by Gasteiger charge is 2.30. The number of benzene rings is 1. The maximum atomic E-state index is 12.1. The van der Waals surface area contributed by atoms with Gasteiger partial charge in [-0.15, -0.1) is 0 Å². The van der Waals surface area contributed by atoms with Gasteiger partial charge in [-0.2, -0.15) is 0 Å². The van der Waals surface area contributed by atoms with Crippen LogP contribution in [0.15, 0.2) is 42.0 Å². The molecule has 2 unspecified atom stereocenters. The van der Waals surface area contributed by atoms with Gasteiger partial charge in [0.25, 0.3) is 0 Å². The Hall–Kier alpha value is -1.65. The Morgan fingerprint density at radius 2 is 2.00 bits per heavy atom. The third-order valence-electron chi connectivity index (χ3n) is 4.78. The molecule has 0 radical (unpaired) electrons. The molecule has 0 aliphatic carbocycles. The maximum Gasteiger partial charge on any atom is 0.243 e. The summed E-state index contributed by atoms with van der Waals surface area (Å²) in [4.78, 5) is 14.4. The van der Waals surface area contributed by atoms with Crippen LogP contribution >= 0.6 is 0 Å². The van der Waals surface area contributed by atoms with Crippen LogP contribution in [0.1, 0.15) is 39.7 Å². The molecule has 1 amide bonds. The largest absolute Gasteiger partial charge is 0.392 e. The van der Waals surface area contributed by atoms with Crippen molar-refractivity contribution in [2.24, 2.45) is 5.41 Å². The van der Waals surface area contributed by atoms with Crippen molar-refractivity contribution >= 4 is 5.91 Å². The summed E-state index contributed by atoms with van der Waals surface area (Å²) < 4.78 is 0. The van der Waals surface area contributed by atoms with E-state index in [0.29, 0.717) is 19.5 Å². The van der Waals surface area contributed by atoms with Crippen LogP contribution in [0.25, 0.3) is 0 Å². The van der Waals surface area contributed by atoms with E-state index >= 15 is 0 Å². The van der Waals surface area contributed by atoms with Crippen LogP contribution in [0.5, 0.6) is 0 Å². The van der Waals surface area contributed by atoms with Gasteiger partial charge in [0.05, 0.1) is 6.10 Å². The second kappa shape index (κ2) is 7.95. The number of allylic oxidation sites excluding steroid dienone is 1. The molecule has 1 aliphatic heterocycles. The Kier molecular flexibility index (Phi) is 6.19. The standard InChI is InChI=1S/C20H30N2O2/c1-15(20(2,3)4)10-19(24)21-12-17-11-18(23)14-22(17)13-16-8-6-5-7-9-16/h5-10,17-18,23H,11-14H2,1-4H3,(H,21,24)/b15-10-. The van der Waals surface area contributed by atoms with Gasteiger partial charge < -0.3 is 10.4 Å². The van der Waals surface area contributed by atoms with Crippen LogP contribution in [0, 0.1) is 5.41 Å². The van der Waals surface area contributed by atoms with E-state index < -0.39 is 0 Å². The van der Waals surface area contributed by atoms with Gasteiger partial charge in [0.15, 0.2) is 0 Å². The number of hydrogen-bond acceptors (Lipinski definition) is 3. The zero-order valence-electron chi connectivity index (χ0n) is 15.2. The van der Waals surface area contributed by atoms with Crippen molar-refractivity contribution in [3.05, 3.63) is 47.5 Å². The molecule has 2 atom stereocenters. The third-order valence-corrected chi connectivity index (χ3v) is 4.78. The lowest BCUT2D eigenvalue weighted by molar-refractivity contribution is -0.116. The van der Waals surface area contributed by atoms with Gasteiger partial charge in [0.2, 0.25) is 5.91 Å². The van der Waals surface area contributed by atoms with Gasteiger partial charge >= 0.3 is 0 Å². The Balaban J connectivity index is 1.91. The summed E-state index contributed by atoms with van der Waals surface area (Å²) in [5.74, 6) is -0.0523. The third kappa shape index (κ3) is 5.46. The van der Waals surface area contributed by atoms with Crippen LogP contribution in [-0.4, -0.2) is 41.1 Å². The fraction of sp³-hybridized carbons (Fsp3) is 0.550. The molecule has 0 bridgehead atoms. The van der Waals surface area contributed by atoms with Gasteiger partial charge in [0.1, 0.15) is 0 Å². The Labute approximate surface area is 145 Å². The topological polar surface area (TPSA) is 52.6 Å². The summed E-state index contributed by atoms with van der Waals surface area (Å²) in [6.07, 6.45) is 2.07. The van der Waals surface area contributed by atoms with Crippen LogP contribution in [0.4, 0.5) is 0 Å². The number of amides is 1. The molecule has 2 N–H and O–H groups in total. The van der Waals surface area contributed by atoms with Crippen molar-refractivity contribution < 1.29 is 9.90 Å². The molecule has 1 heterocycles. The molecule has 1 saturated heterocycles. The predicted molar refractivity (Wildman–Crippen MR) is 97.5 cm³/mol. The Morgan fingerprint density at radius 3 is 2.62 bits per heavy atom. The minimum absolute atomic E-state index is 0.000235. The number of nitrogens with zero attached hydrogens (tertiary/aromatic N) is 1. The lowest BCUT2D eigenvalue weighted by Crippen LogP contribution is -2.39. The number of likely N-dealkylation sites (tertiary alicyclic amines) is 1. The molecular weight excluding hydrogens is 300 g/mol. The van der Waals surface area contributed by atoms with Gasteiger partial charge in [-0.1, -0.05) is 56.7 Å². The lowest BCUT2D eigenvalue weighted by Gasteiger charge is -2.24. The molecular formula is C20H30N2O2. The summed E-state index contributed by atoms with van der Waals surface area (Å²) >= 11 is 0. The van der Waals surface area contributed by atoms with E-state index in [0.717, 1.165) is 12.1 Å². The highest BCUT2D eigenvalue weighted by Crippen LogP contribution is 2.24. The molecule has 132 valence electrons. The first kappa shape index (κ1) is 18.7. The average molecular weight is 330 g/mol. The fourth-order valence-electron chi connectivity index (χ4n) is 2.86. The van der Waals surface area contributed by atoms with Crippen molar-refractivity contribution in [2.45, 2.75) is 52.8 Å². The van der Waals surface area contributed by atoms with Crippen molar-refractivity contribution in [3.8, 4) is 0 Å². The van der Waals surface area contributed by atoms with E-state index in [4.69, 9.17) is 0 Å². The Bertz CT molecular complexity index is 575. The number of aliphatic hydroxyl groups excluding tert-OH is 1. The van der Waals surface area contributed by atoms with E-state index in [1.807, 2.05) is 25.1 Å². The van der Waals surface area contributed by atoms with Crippen molar-refractivity contribution in [1.29, 1.82) is 0 Å². The normalized spacial score (nSPS) is 22.6. The molecule has 4 heteroatoms. The van der Waals surface area contributed by atoms with E-state index in [-0.39, 0.29) is 23.5 Å². The van der Waals surface area contributed by atoms with E-state index in [9.17, 15) is 9.90 Å². The minimum atomic E-state index is -0.317. The summed E-state index contributed by atoms with van der Waals surface area (Å²) in [5, 5.41) is 13.0. The van der Waals surface area contributed by atoms with Crippen molar-refractivity contribution in [1.82, 2.24) is 10.2 Å². The molecule has 2 rings (SSSR count). The second-order valence-electron chi connectivity index (χ2n) is 7.78. The molecule has 1 aromatic carbocycles. The van der Waals surface area contributed by atoms with Crippen molar-refractivity contribution in [2.75, 3.05) is 13.1 Å². The highest BCUT2D eigenvalue weighted by molar-refractivity contribution is 5.88. The highest BCUT2D eigenvalue weighted by atomic mass is 16.3. The summed E-state index contributed by atoms with van der Waals surface area (Å²) in [5.41, 5.74) is 2.29. The molecule has 1 aliphatic rings. The minimum Gasteiger partial charge on any atom is -0.392 e. The van der Waals surface area contributed by atoms with E-state index in [2.05, 4.69) is 43.1 Å². The molecule has 0 aromatic heterocycles. The maximum absolute atomic E-state index is 12.1.